The Morgan fingerprint density at radius 1 is 0.967 bits per heavy atom. The van der Waals surface area contributed by atoms with Gasteiger partial charge >= 0.3 is 0 Å². The zero-order valence-electron chi connectivity index (χ0n) is 16.2. The van der Waals surface area contributed by atoms with Gasteiger partial charge in [0.05, 0.1) is 15.9 Å². The molecule has 3 N–H and O–H groups in total. The van der Waals surface area contributed by atoms with Crippen molar-refractivity contribution in [3.8, 4) is 11.4 Å². The number of rotatable bonds is 6. The molecular weight excluding hydrogens is 400 g/mol. The third kappa shape index (κ3) is 4.10. The van der Waals surface area contributed by atoms with Gasteiger partial charge in [0.1, 0.15) is 5.82 Å². The van der Waals surface area contributed by atoms with Gasteiger partial charge in [0.25, 0.3) is 5.91 Å². The van der Waals surface area contributed by atoms with Crippen LogP contribution in [0.4, 0.5) is 5.69 Å². The van der Waals surface area contributed by atoms with Crippen LogP contribution in [0.15, 0.2) is 77.7 Å². The van der Waals surface area contributed by atoms with E-state index < -0.39 is 10.0 Å². The monoisotopic (exact) mass is 420 g/mol. The van der Waals surface area contributed by atoms with Crippen molar-refractivity contribution in [1.29, 1.82) is 0 Å². The van der Waals surface area contributed by atoms with Crippen LogP contribution >= 0.6 is 0 Å². The average Bonchev–Trinajstić information content (AvgIpc) is 3.18. The largest absolute Gasteiger partial charge is 0.338 e. The maximum atomic E-state index is 12.5. The molecule has 0 aliphatic rings. The number of imidazole rings is 1. The van der Waals surface area contributed by atoms with Crippen molar-refractivity contribution in [2.45, 2.75) is 11.8 Å². The van der Waals surface area contributed by atoms with Crippen LogP contribution in [0.1, 0.15) is 17.3 Å². The van der Waals surface area contributed by atoms with Gasteiger partial charge in [-0.25, -0.2) is 18.1 Å². The molecule has 0 radical (unpaired) electrons. The van der Waals surface area contributed by atoms with E-state index in [0.29, 0.717) is 17.8 Å². The lowest BCUT2D eigenvalue weighted by Gasteiger charge is -2.08. The number of H-pyrrole nitrogens is 1. The fourth-order valence-electron chi connectivity index (χ4n) is 3.06. The van der Waals surface area contributed by atoms with Gasteiger partial charge in [-0.3, -0.25) is 4.79 Å². The molecule has 30 heavy (non-hydrogen) atoms. The summed E-state index contributed by atoms with van der Waals surface area (Å²) >= 11 is 0. The zero-order chi connectivity index (χ0) is 21.1. The maximum Gasteiger partial charge on any atom is 0.255 e. The van der Waals surface area contributed by atoms with Crippen molar-refractivity contribution in [1.82, 2.24) is 14.7 Å². The number of carbonyl (C=O) groups excluding carboxylic acids is 1. The summed E-state index contributed by atoms with van der Waals surface area (Å²) in [6.45, 7) is 2.01. The van der Waals surface area contributed by atoms with Gasteiger partial charge in [0.2, 0.25) is 10.0 Å². The minimum Gasteiger partial charge on any atom is -0.338 e. The molecule has 1 aromatic heterocycles. The Morgan fingerprint density at radius 2 is 1.67 bits per heavy atom. The number of aromatic nitrogens is 2. The van der Waals surface area contributed by atoms with E-state index in [0.717, 1.165) is 22.4 Å². The summed E-state index contributed by atoms with van der Waals surface area (Å²) in [6, 6.07) is 20.9. The van der Waals surface area contributed by atoms with E-state index in [1.165, 1.54) is 24.3 Å². The Hall–Kier alpha value is -3.49. The molecule has 4 aromatic rings. The highest BCUT2D eigenvalue weighted by molar-refractivity contribution is 7.89. The third-order valence-electron chi connectivity index (χ3n) is 4.57. The molecule has 0 bridgehead atoms. The van der Waals surface area contributed by atoms with Crippen LogP contribution in [0.25, 0.3) is 22.4 Å². The molecule has 1 amide bonds. The molecule has 4 rings (SSSR count). The molecule has 152 valence electrons. The topological polar surface area (TPSA) is 104 Å². The molecule has 8 heteroatoms. The second-order valence-corrected chi connectivity index (χ2v) is 8.43. The first-order chi connectivity index (χ1) is 14.5. The number of sulfonamides is 1. The van der Waals surface area contributed by atoms with Gasteiger partial charge in [-0.1, -0.05) is 19.1 Å². The minimum atomic E-state index is -3.54. The van der Waals surface area contributed by atoms with Gasteiger partial charge in [-0.05, 0) is 60.7 Å². The average molecular weight is 420 g/mol. The van der Waals surface area contributed by atoms with Crippen LogP contribution in [0.5, 0.6) is 0 Å². The number of carbonyl (C=O) groups is 1. The van der Waals surface area contributed by atoms with E-state index in [9.17, 15) is 13.2 Å². The van der Waals surface area contributed by atoms with Crippen molar-refractivity contribution >= 4 is 32.7 Å². The standard InChI is InChI=1S/C22H20N4O3S/c1-2-23-30(28,29)18-13-9-16(10-14-18)22(27)24-17-11-7-15(8-12-17)21-25-19-5-3-4-6-20(19)26-21/h3-14,23H,2H2,1H3,(H,24,27)(H,25,26). The Bertz CT molecular complexity index is 1260. The maximum absolute atomic E-state index is 12.5. The summed E-state index contributed by atoms with van der Waals surface area (Å²) in [4.78, 5) is 20.4. The van der Waals surface area contributed by atoms with Gasteiger partial charge in [0, 0.05) is 23.4 Å². The number of amides is 1. The first kappa shape index (κ1) is 19.8. The lowest BCUT2D eigenvalue weighted by Crippen LogP contribution is -2.23. The lowest BCUT2D eigenvalue weighted by molar-refractivity contribution is 0.102. The number of nitrogens with one attached hydrogen (secondary N) is 3. The van der Waals surface area contributed by atoms with Crippen LogP contribution in [0.3, 0.4) is 0 Å². The Morgan fingerprint density at radius 3 is 2.33 bits per heavy atom. The zero-order valence-corrected chi connectivity index (χ0v) is 17.0. The number of fused-ring (bicyclic) bond motifs is 1. The van der Waals surface area contributed by atoms with E-state index in [4.69, 9.17) is 0 Å². The van der Waals surface area contributed by atoms with Crippen LogP contribution in [0.2, 0.25) is 0 Å². The second kappa shape index (κ2) is 8.10. The van der Waals surface area contributed by atoms with Crippen molar-refractivity contribution in [2.24, 2.45) is 0 Å². The number of nitrogens with zero attached hydrogens (tertiary/aromatic N) is 1. The van der Waals surface area contributed by atoms with Crippen LogP contribution < -0.4 is 10.0 Å². The molecule has 0 atom stereocenters. The Labute approximate surface area is 174 Å². The fraction of sp³-hybridized carbons (Fsp3) is 0.0909. The normalized spacial score (nSPS) is 11.5. The van der Waals surface area contributed by atoms with Crippen molar-refractivity contribution in [2.75, 3.05) is 11.9 Å². The highest BCUT2D eigenvalue weighted by Crippen LogP contribution is 2.22. The molecule has 3 aromatic carbocycles. The van der Waals surface area contributed by atoms with Crippen LogP contribution in [-0.2, 0) is 10.0 Å². The van der Waals surface area contributed by atoms with Crippen molar-refractivity contribution < 1.29 is 13.2 Å². The lowest BCUT2D eigenvalue weighted by atomic mass is 10.1. The molecule has 0 aliphatic heterocycles. The number of benzene rings is 3. The molecule has 0 fully saturated rings. The molecule has 0 spiro atoms. The van der Waals surface area contributed by atoms with E-state index in [1.807, 2.05) is 36.4 Å². The number of hydrogen-bond acceptors (Lipinski definition) is 4. The highest BCUT2D eigenvalue weighted by atomic mass is 32.2. The Balaban J connectivity index is 1.47. The summed E-state index contributed by atoms with van der Waals surface area (Å²) in [7, 11) is -3.54. The highest BCUT2D eigenvalue weighted by Gasteiger charge is 2.14. The van der Waals surface area contributed by atoms with Gasteiger partial charge in [-0.2, -0.15) is 0 Å². The first-order valence-electron chi connectivity index (χ1n) is 9.42. The third-order valence-corrected chi connectivity index (χ3v) is 6.13. The van der Waals surface area contributed by atoms with E-state index in [1.54, 1.807) is 19.1 Å². The van der Waals surface area contributed by atoms with Crippen LogP contribution in [-0.4, -0.2) is 30.8 Å². The molecule has 0 aliphatic carbocycles. The van der Waals surface area contributed by atoms with Gasteiger partial charge < -0.3 is 10.3 Å². The van der Waals surface area contributed by atoms with Crippen molar-refractivity contribution in [3.63, 3.8) is 0 Å². The number of hydrogen-bond donors (Lipinski definition) is 3. The molecular formula is C22H20N4O3S. The molecule has 0 unspecified atom stereocenters. The van der Waals surface area contributed by atoms with E-state index in [2.05, 4.69) is 20.0 Å². The fourth-order valence-corrected chi connectivity index (χ4v) is 4.10. The van der Waals surface area contributed by atoms with Gasteiger partial charge in [0.15, 0.2) is 0 Å². The molecule has 1 heterocycles. The predicted octanol–water partition coefficient (Wildman–Crippen LogP) is 3.78. The second-order valence-electron chi connectivity index (χ2n) is 6.66. The number of anilines is 1. The summed E-state index contributed by atoms with van der Waals surface area (Å²) in [5.41, 5.74) is 3.76. The predicted molar refractivity (Wildman–Crippen MR) is 117 cm³/mol. The quantitative estimate of drug-likeness (QED) is 0.441. The first-order valence-corrected chi connectivity index (χ1v) is 10.9. The van der Waals surface area contributed by atoms with E-state index >= 15 is 0 Å². The molecule has 0 saturated heterocycles. The minimum absolute atomic E-state index is 0.121. The van der Waals surface area contributed by atoms with E-state index in [-0.39, 0.29) is 10.8 Å². The summed E-state index contributed by atoms with van der Waals surface area (Å²) in [5, 5.41) is 2.81. The molecule has 7 nitrogen and oxygen atoms in total. The summed E-state index contributed by atoms with van der Waals surface area (Å²) in [6.07, 6.45) is 0. The van der Waals surface area contributed by atoms with Crippen molar-refractivity contribution in [3.05, 3.63) is 78.4 Å². The summed E-state index contributed by atoms with van der Waals surface area (Å²) < 4.78 is 26.4. The van der Waals surface area contributed by atoms with Crippen LogP contribution in [0, 0.1) is 0 Å². The van der Waals surface area contributed by atoms with Gasteiger partial charge in [-0.15, -0.1) is 0 Å². The smallest absolute Gasteiger partial charge is 0.255 e. The SMILES string of the molecule is CCNS(=O)(=O)c1ccc(C(=O)Nc2ccc(-c3nc4ccccc4[nH]3)cc2)cc1. The number of para-hydroxylation sites is 2. The Kier molecular flexibility index (Phi) is 5.35. The molecule has 0 saturated carbocycles. The summed E-state index contributed by atoms with van der Waals surface area (Å²) in [5.74, 6) is 0.436. The number of aromatic amines is 1.